The number of benzene rings is 2. The van der Waals surface area contributed by atoms with Crippen molar-refractivity contribution in [3.05, 3.63) is 95.6 Å². The maximum absolute atomic E-state index is 14.4. The first-order valence-electron chi connectivity index (χ1n) is 22.9. The lowest BCUT2D eigenvalue weighted by Crippen LogP contribution is -2.76. The summed E-state index contributed by atoms with van der Waals surface area (Å²) in [6, 6.07) is 17.7. The number of esters is 2. The van der Waals surface area contributed by atoms with Crippen LogP contribution in [0.2, 0.25) is 0 Å². The number of carbonyl (C=O) groups excluding carboxylic acids is 3. The van der Waals surface area contributed by atoms with Crippen LogP contribution < -0.4 is 0 Å². The summed E-state index contributed by atoms with van der Waals surface area (Å²) < 4.78 is 40.3. The van der Waals surface area contributed by atoms with Crippen LogP contribution in [0, 0.1) is 17.8 Å². The number of aliphatic hydroxyl groups excluding tert-OH is 1. The number of aliphatic hydroxyl groups is 2. The average Bonchev–Trinajstić information content (AvgIpc) is 3.87. The number of hydrogen-bond donors (Lipinski definition) is 2. The number of ketones is 1. The molecule has 2 N–H and O–H groups in total. The zero-order valence-corrected chi connectivity index (χ0v) is 36.3. The second-order valence-corrected chi connectivity index (χ2v) is 18.6. The van der Waals surface area contributed by atoms with E-state index in [-0.39, 0.29) is 12.0 Å². The molecule has 0 spiro atoms. The summed E-state index contributed by atoms with van der Waals surface area (Å²) in [6.45, 7) is 11.5. The first-order valence-corrected chi connectivity index (χ1v) is 22.9. The highest BCUT2D eigenvalue weighted by Crippen LogP contribution is 2.74. The number of ether oxygens (including phenoxy) is 6. The predicted molar refractivity (Wildman–Crippen MR) is 226 cm³/mol. The van der Waals surface area contributed by atoms with Crippen molar-refractivity contribution in [2.75, 3.05) is 6.61 Å². The SMILES string of the molecule is C=C(C)[C@@]12O[C@@]3(c4ccccc4)O[C@@H]1[C@@H]1[C@@H]4O[C@]4(COC(=O)CCCCCCCCCCCCCCC)[C@@H](O)[C@]4(O)C(=O)C(C)=C[C@H]4[C@@]1(O3)[C@H](C)[C@H]2OC(=O)c1ccccc1. The first kappa shape index (κ1) is 43.9. The molecule has 3 aliphatic heterocycles. The van der Waals surface area contributed by atoms with Crippen molar-refractivity contribution in [1.82, 2.24) is 0 Å². The lowest BCUT2D eigenvalue weighted by Gasteiger charge is -2.61. The van der Waals surface area contributed by atoms with Gasteiger partial charge in [-0.05, 0) is 43.5 Å². The van der Waals surface area contributed by atoms with Gasteiger partial charge in [-0.15, -0.1) is 0 Å². The first-order chi connectivity index (χ1) is 29.3. The third-order valence-electron chi connectivity index (χ3n) is 14.8. The van der Waals surface area contributed by atoms with E-state index in [1.807, 2.05) is 25.1 Å². The molecule has 0 unspecified atom stereocenters. The molecule has 0 radical (unpaired) electrons. The molecule has 2 aromatic carbocycles. The van der Waals surface area contributed by atoms with E-state index >= 15 is 0 Å². The van der Waals surface area contributed by atoms with Gasteiger partial charge in [0, 0.05) is 29.7 Å². The third kappa shape index (κ3) is 7.06. The second kappa shape index (κ2) is 17.1. The Kier molecular flexibility index (Phi) is 12.3. The molecule has 2 aromatic rings. The molecular formula is C50H64O11. The monoisotopic (exact) mass is 840 g/mol. The van der Waals surface area contributed by atoms with Gasteiger partial charge in [0.1, 0.15) is 31.0 Å². The van der Waals surface area contributed by atoms with E-state index in [0.717, 1.165) is 19.3 Å². The summed E-state index contributed by atoms with van der Waals surface area (Å²) in [6.07, 6.45) is 12.4. The lowest BCUT2D eigenvalue weighted by atomic mass is 9.53. The molecule has 3 aliphatic carbocycles. The van der Waals surface area contributed by atoms with E-state index in [1.54, 1.807) is 62.4 Å². The van der Waals surface area contributed by atoms with Crippen molar-refractivity contribution >= 4 is 17.7 Å². The van der Waals surface area contributed by atoms with Crippen molar-refractivity contribution < 1.29 is 53.0 Å². The fraction of sp³-hybridized carbons (Fsp3) is 0.620. The molecule has 8 rings (SSSR count). The van der Waals surface area contributed by atoms with Gasteiger partial charge in [-0.1, -0.05) is 152 Å². The lowest BCUT2D eigenvalue weighted by molar-refractivity contribution is -0.440. The Balaban J connectivity index is 1.05. The smallest absolute Gasteiger partial charge is 0.338 e. The Labute approximate surface area is 360 Å². The van der Waals surface area contributed by atoms with Crippen molar-refractivity contribution in [3.63, 3.8) is 0 Å². The van der Waals surface area contributed by atoms with E-state index in [2.05, 4.69) is 13.5 Å². The minimum Gasteiger partial charge on any atom is -0.462 e. The van der Waals surface area contributed by atoms with E-state index in [1.165, 1.54) is 57.8 Å². The van der Waals surface area contributed by atoms with Crippen molar-refractivity contribution in [1.29, 1.82) is 0 Å². The van der Waals surface area contributed by atoms with Gasteiger partial charge < -0.3 is 38.6 Å². The van der Waals surface area contributed by atoms with E-state index in [4.69, 9.17) is 28.4 Å². The van der Waals surface area contributed by atoms with Crippen LogP contribution in [0.4, 0.5) is 0 Å². The molecule has 3 saturated heterocycles. The highest BCUT2D eigenvalue weighted by molar-refractivity contribution is 6.05. The van der Waals surface area contributed by atoms with Crippen molar-refractivity contribution in [3.8, 4) is 0 Å². The fourth-order valence-electron chi connectivity index (χ4n) is 11.6. The molecule has 6 aliphatic rings. The van der Waals surface area contributed by atoms with Crippen LogP contribution in [0.1, 0.15) is 134 Å². The van der Waals surface area contributed by atoms with Crippen molar-refractivity contribution in [2.24, 2.45) is 17.8 Å². The zero-order valence-electron chi connectivity index (χ0n) is 36.3. The molecule has 0 amide bonds. The molecule has 3 heterocycles. The number of Topliss-reactive ketones (excluding diaryl/α,β-unsaturated/α-hetero) is 1. The van der Waals surface area contributed by atoms with Crippen LogP contribution >= 0.6 is 0 Å². The summed E-state index contributed by atoms with van der Waals surface area (Å²) in [4.78, 5) is 41.7. The summed E-state index contributed by atoms with van der Waals surface area (Å²) in [7, 11) is 0. The number of fused-ring (bicyclic) bond motifs is 3. The van der Waals surface area contributed by atoms with Crippen LogP contribution in [0.25, 0.3) is 0 Å². The average molecular weight is 841 g/mol. The Morgan fingerprint density at radius 2 is 1.41 bits per heavy atom. The van der Waals surface area contributed by atoms with Crippen molar-refractivity contribution in [2.45, 2.75) is 170 Å². The molecule has 330 valence electrons. The fourth-order valence-corrected chi connectivity index (χ4v) is 11.6. The minimum atomic E-state index is -2.48. The van der Waals surface area contributed by atoms with Gasteiger partial charge in [0.25, 0.3) is 0 Å². The van der Waals surface area contributed by atoms with E-state index < -0.39 is 94.9 Å². The van der Waals surface area contributed by atoms with Gasteiger partial charge in [-0.25, -0.2) is 4.79 Å². The Morgan fingerprint density at radius 3 is 2.02 bits per heavy atom. The maximum Gasteiger partial charge on any atom is 0.338 e. The van der Waals surface area contributed by atoms with Crippen LogP contribution in [-0.4, -0.2) is 81.4 Å². The molecule has 11 heteroatoms. The van der Waals surface area contributed by atoms with Gasteiger partial charge in [0.2, 0.25) is 0 Å². The van der Waals surface area contributed by atoms with Crippen LogP contribution in [-0.2, 0) is 44.0 Å². The molecule has 3 bridgehead atoms. The number of hydrogen-bond acceptors (Lipinski definition) is 11. The van der Waals surface area contributed by atoms with E-state index in [0.29, 0.717) is 23.1 Å². The normalized spacial score (nSPS) is 37.6. The van der Waals surface area contributed by atoms with Gasteiger partial charge in [0.15, 0.2) is 22.6 Å². The summed E-state index contributed by atoms with van der Waals surface area (Å²) in [5.41, 5.74) is -5.75. The maximum atomic E-state index is 14.4. The predicted octanol–water partition coefficient (Wildman–Crippen LogP) is 8.20. The van der Waals surface area contributed by atoms with Crippen LogP contribution in [0.5, 0.6) is 0 Å². The molecule has 12 atom stereocenters. The molecule has 0 aromatic heterocycles. The molecule has 2 saturated carbocycles. The standard InChI is InChI=1S/C50H64O11/c1-6-7-8-9-10-11-12-13-14-15-16-17-24-29-38(51)56-31-46-42(58-46)39-43-48(32(2)3)41(57-44(53)35-25-20-18-21-26-35)34(5)49(39,37-30-33(4)40(52)47(37,55)45(46)54)61-50(59-43,60-48)36-27-22-19-23-28-36/h18-23,25-28,30,34,37,39,41-43,45,54-55H,2,6-17,24,29,31H2,1,3-5H3/t34-,37-,39+,41-,42+,43-,45-,46+,47-,48+,49+,50-/m1/s1. The topological polar surface area (TPSA) is 150 Å². The molecule has 11 nitrogen and oxygen atoms in total. The van der Waals surface area contributed by atoms with E-state index in [9.17, 15) is 24.6 Å². The molecule has 5 fully saturated rings. The van der Waals surface area contributed by atoms with Crippen LogP contribution in [0.15, 0.2) is 84.5 Å². The van der Waals surface area contributed by atoms with Gasteiger partial charge in [-0.2, -0.15) is 0 Å². The zero-order chi connectivity index (χ0) is 43.2. The summed E-state index contributed by atoms with van der Waals surface area (Å²) in [5, 5.41) is 25.4. The Bertz CT molecular complexity index is 1980. The Morgan fingerprint density at radius 1 is 0.820 bits per heavy atom. The summed E-state index contributed by atoms with van der Waals surface area (Å²) in [5.74, 6) is -6.49. The Hall–Kier alpha value is -3.71. The second-order valence-electron chi connectivity index (χ2n) is 18.6. The largest absolute Gasteiger partial charge is 0.462 e. The summed E-state index contributed by atoms with van der Waals surface area (Å²) >= 11 is 0. The highest BCUT2D eigenvalue weighted by atomic mass is 16.9. The van der Waals surface area contributed by atoms with Crippen LogP contribution in [0.3, 0.4) is 0 Å². The molecular weight excluding hydrogens is 777 g/mol. The highest BCUT2D eigenvalue weighted by Gasteiger charge is 2.91. The number of unbranched alkanes of at least 4 members (excludes halogenated alkanes) is 12. The van der Waals surface area contributed by atoms with Gasteiger partial charge >= 0.3 is 17.9 Å². The third-order valence-corrected chi connectivity index (χ3v) is 14.8. The van der Waals surface area contributed by atoms with Gasteiger partial charge in [-0.3, -0.25) is 9.59 Å². The van der Waals surface area contributed by atoms with Gasteiger partial charge in [0.05, 0.1) is 11.2 Å². The number of rotatable bonds is 20. The minimum absolute atomic E-state index is 0.195. The number of epoxide rings is 1. The quantitative estimate of drug-likeness (QED) is 0.0575. The number of carbonyl (C=O) groups is 3. The molecule has 61 heavy (non-hydrogen) atoms.